The van der Waals surface area contributed by atoms with Crippen LogP contribution in [-0.2, 0) is 18.9 Å². The molecule has 0 radical (unpaired) electrons. The van der Waals surface area contributed by atoms with E-state index in [1.165, 1.54) is 0 Å². The van der Waals surface area contributed by atoms with Crippen molar-refractivity contribution >= 4 is 0 Å². The van der Waals surface area contributed by atoms with Crippen molar-refractivity contribution in [1.29, 1.82) is 0 Å². The molecule has 0 aliphatic carbocycles. The van der Waals surface area contributed by atoms with Crippen LogP contribution >= 0.6 is 0 Å². The Bertz CT molecular complexity index is 596. The Kier molecular flexibility index (Phi) is 11.4. The summed E-state index contributed by atoms with van der Waals surface area (Å²) in [5.74, 6) is 0. The Labute approximate surface area is 193 Å². The molecule has 2 saturated heterocycles. The molecular formula is C18H34O16. The topological polar surface area (TPSA) is 280 Å². The van der Waals surface area contributed by atoms with Gasteiger partial charge >= 0.3 is 0 Å². The summed E-state index contributed by atoms with van der Waals surface area (Å²) in [4.78, 5) is 0. The van der Waals surface area contributed by atoms with Crippen molar-refractivity contribution in [2.75, 3.05) is 26.4 Å². The zero-order valence-corrected chi connectivity index (χ0v) is 17.9. The van der Waals surface area contributed by atoms with Gasteiger partial charge in [0.1, 0.15) is 73.2 Å². The van der Waals surface area contributed by atoms with Crippen molar-refractivity contribution in [3.8, 4) is 0 Å². The summed E-state index contributed by atoms with van der Waals surface area (Å²) in [7, 11) is 0. The van der Waals surface area contributed by atoms with Gasteiger partial charge in [-0.3, -0.25) is 0 Å². The Morgan fingerprint density at radius 2 is 1.12 bits per heavy atom. The Morgan fingerprint density at radius 3 is 1.65 bits per heavy atom. The predicted octanol–water partition coefficient (Wildman–Crippen LogP) is -7.94. The van der Waals surface area contributed by atoms with Crippen molar-refractivity contribution in [2.24, 2.45) is 0 Å². The first-order chi connectivity index (χ1) is 16.0. The van der Waals surface area contributed by atoms with Crippen LogP contribution in [0.3, 0.4) is 0 Å². The monoisotopic (exact) mass is 506 g/mol. The Hall–Kier alpha value is -0.640. The van der Waals surface area contributed by atoms with Crippen LogP contribution in [0.2, 0.25) is 0 Å². The van der Waals surface area contributed by atoms with Crippen LogP contribution < -0.4 is 0 Å². The molecule has 16 nitrogen and oxygen atoms in total. The fraction of sp³-hybridized carbons (Fsp3) is 1.00. The molecule has 16 heteroatoms. The van der Waals surface area contributed by atoms with Gasteiger partial charge in [-0.15, -0.1) is 0 Å². The van der Waals surface area contributed by atoms with Gasteiger partial charge in [0, 0.05) is 0 Å². The molecule has 0 aromatic rings. The van der Waals surface area contributed by atoms with Gasteiger partial charge in [-0.2, -0.15) is 0 Å². The van der Waals surface area contributed by atoms with Crippen LogP contribution in [0.25, 0.3) is 0 Å². The third-order valence-electron chi connectivity index (χ3n) is 5.72. The molecule has 0 aromatic carbocycles. The van der Waals surface area contributed by atoms with Gasteiger partial charge in [-0.25, -0.2) is 0 Å². The highest BCUT2D eigenvalue weighted by Crippen LogP contribution is 2.27. The summed E-state index contributed by atoms with van der Waals surface area (Å²) in [6.07, 6.45) is -24.4. The number of ether oxygens (including phenoxy) is 4. The minimum absolute atomic E-state index is 0.650. The number of rotatable bonds is 11. The van der Waals surface area contributed by atoms with Gasteiger partial charge in [0.2, 0.25) is 0 Å². The van der Waals surface area contributed by atoms with Crippen LogP contribution in [0, 0.1) is 0 Å². The summed E-state index contributed by atoms with van der Waals surface area (Å²) < 4.78 is 21.0. The van der Waals surface area contributed by atoms with Gasteiger partial charge in [0.15, 0.2) is 12.6 Å². The van der Waals surface area contributed by atoms with E-state index in [1.807, 2.05) is 0 Å². The van der Waals surface area contributed by atoms with Gasteiger partial charge in [0.25, 0.3) is 0 Å². The number of hydrogen-bond donors (Lipinski definition) is 12. The number of aliphatic hydroxyl groups is 12. The van der Waals surface area contributed by atoms with Gasteiger partial charge in [0.05, 0.1) is 26.4 Å². The molecule has 0 aromatic heterocycles. The first kappa shape index (κ1) is 29.6. The highest BCUT2D eigenvalue weighted by Gasteiger charge is 2.49. The Morgan fingerprint density at radius 1 is 0.618 bits per heavy atom. The maximum atomic E-state index is 10.2. The summed E-state index contributed by atoms with van der Waals surface area (Å²) >= 11 is 0. The molecule has 0 spiro atoms. The fourth-order valence-corrected chi connectivity index (χ4v) is 3.55. The molecule has 202 valence electrons. The van der Waals surface area contributed by atoms with E-state index < -0.39 is 112 Å². The minimum atomic E-state index is -1.96. The molecule has 14 atom stereocenters. The van der Waals surface area contributed by atoms with Crippen molar-refractivity contribution in [3.63, 3.8) is 0 Å². The number of aliphatic hydroxyl groups excluding tert-OH is 12. The van der Waals surface area contributed by atoms with Gasteiger partial charge < -0.3 is 80.2 Å². The Balaban J connectivity index is 2.10. The molecule has 0 bridgehead atoms. The van der Waals surface area contributed by atoms with E-state index >= 15 is 0 Å². The molecule has 2 aliphatic heterocycles. The van der Waals surface area contributed by atoms with Crippen molar-refractivity contribution in [2.45, 2.75) is 85.8 Å². The predicted molar refractivity (Wildman–Crippen MR) is 103 cm³/mol. The van der Waals surface area contributed by atoms with E-state index in [9.17, 15) is 56.2 Å². The van der Waals surface area contributed by atoms with Crippen molar-refractivity contribution < 1.29 is 80.2 Å². The van der Waals surface area contributed by atoms with Crippen molar-refractivity contribution in [3.05, 3.63) is 0 Å². The average Bonchev–Trinajstić information content (AvgIpc) is 2.84. The average molecular weight is 506 g/mol. The van der Waals surface area contributed by atoms with Gasteiger partial charge in [-0.1, -0.05) is 0 Å². The summed E-state index contributed by atoms with van der Waals surface area (Å²) in [6, 6.07) is 0. The minimum Gasteiger partial charge on any atom is -0.394 e. The third kappa shape index (κ3) is 6.56. The van der Waals surface area contributed by atoms with Crippen LogP contribution in [0.5, 0.6) is 0 Å². The van der Waals surface area contributed by atoms with E-state index in [1.54, 1.807) is 0 Å². The van der Waals surface area contributed by atoms with E-state index in [0.29, 0.717) is 0 Å². The third-order valence-corrected chi connectivity index (χ3v) is 5.72. The molecule has 2 aliphatic rings. The summed E-state index contributed by atoms with van der Waals surface area (Å²) in [5.41, 5.74) is 0. The smallest absolute Gasteiger partial charge is 0.187 e. The molecule has 0 saturated carbocycles. The quantitative estimate of drug-likeness (QED) is 0.124. The second-order valence-electron chi connectivity index (χ2n) is 8.14. The maximum absolute atomic E-state index is 10.2. The van der Waals surface area contributed by atoms with Crippen LogP contribution in [0.15, 0.2) is 0 Å². The normalized spacial score (nSPS) is 42.7. The molecular weight excluding hydrogens is 472 g/mol. The highest BCUT2D eigenvalue weighted by molar-refractivity contribution is 4.93. The lowest BCUT2D eigenvalue weighted by atomic mass is 9.98. The van der Waals surface area contributed by atoms with E-state index in [4.69, 9.17) is 24.1 Å². The second kappa shape index (κ2) is 13.1. The summed E-state index contributed by atoms with van der Waals surface area (Å²) in [5, 5.41) is 117. The first-order valence-corrected chi connectivity index (χ1v) is 10.5. The zero-order chi connectivity index (χ0) is 25.7. The number of hydrogen-bond acceptors (Lipinski definition) is 16. The van der Waals surface area contributed by atoms with Crippen molar-refractivity contribution in [1.82, 2.24) is 0 Å². The molecule has 0 amide bonds. The van der Waals surface area contributed by atoms with E-state index in [-0.39, 0.29) is 0 Å². The maximum Gasteiger partial charge on any atom is 0.187 e. The lowest BCUT2D eigenvalue weighted by Crippen LogP contribution is -2.63. The van der Waals surface area contributed by atoms with Crippen LogP contribution in [0.4, 0.5) is 0 Å². The lowest BCUT2D eigenvalue weighted by Gasteiger charge is -2.44. The SMILES string of the molecule is OC[C@@H](O)[C@@H](O)[C@H](O[C@H]1O[C@H](CO[C@H]2O[C@H](CO)[C@H](O)[C@H](O)[C@H]2O)[C@@H](O)[C@H](O)[C@@H]1O)[C@@H](O)CO. The van der Waals surface area contributed by atoms with E-state index in [0.717, 1.165) is 0 Å². The fourth-order valence-electron chi connectivity index (χ4n) is 3.55. The van der Waals surface area contributed by atoms with Crippen LogP contribution in [0.1, 0.15) is 0 Å². The summed E-state index contributed by atoms with van der Waals surface area (Å²) in [6.45, 7) is -3.27. The molecule has 0 unspecified atom stereocenters. The highest BCUT2D eigenvalue weighted by atomic mass is 16.7. The molecule has 12 N–H and O–H groups in total. The first-order valence-electron chi connectivity index (χ1n) is 10.5. The molecule has 2 fully saturated rings. The molecule has 34 heavy (non-hydrogen) atoms. The molecule has 2 heterocycles. The lowest BCUT2D eigenvalue weighted by molar-refractivity contribution is -0.344. The standard InChI is InChI=1S/C18H34O16/c19-1-5(22)9(24)16(6(23)2-20)34-18-15(30)13(28)11(26)8(33-18)4-31-17-14(29)12(27)10(25)7(3-21)32-17/h5-30H,1-4H2/t5-,6+,7-,8-,9-,10+,11-,12+,13+,14-,15+,16-,17+,18-/m1/s1. The largest absolute Gasteiger partial charge is 0.394 e. The molecule has 2 rings (SSSR count). The zero-order valence-electron chi connectivity index (χ0n) is 17.9. The van der Waals surface area contributed by atoms with Crippen LogP contribution in [-0.4, -0.2) is 174 Å². The second-order valence-corrected chi connectivity index (χ2v) is 8.14. The van der Waals surface area contributed by atoms with Gasteiger partial charge in [-0.05, 0) is 0 Å². The van der Waals surface area contributed by atoms with E-state index in [2.05, 4.69) is 0 Å².